The minimum Gasteiger partial charge on any atom is -0.507 e. The summed E-state index contributed by atoms with van der Waals surface area (Å²) >= 11 is 0. The van der Waals surface area contributed by atoms with Crippen LogP contribution >= 0.6 is 0 Å². The highest BCUT2D eigenvalue weighted by molar-refractivity contribution is 6.07. The van der Waals surface area contributed by atoms with Gasteiger partial charge < -0.3 is 20.4 Å². The molecule has 0 aliphatic heterocycles. The van der Waals surface area contributed by atoms with Crippen molar-refractivity contribution in [1.82, 2.24) is 0 Å². The van der Waals surface area contributed by atoms with Crippen molar-refractivity contribution < 1.29 is 25.2 Å². The van der Waals surface area contributed by atoms with Gasteiger partial charge in [-0.2, -0.15) is 0 Å². The maximum atomic E-state index is 11.8. The Bertz CT molecular complexity index is 674. The minimum absolute atomic E-state index is 0.149. The molecule has 0 saturated heterocycles. The molecule has 0 bridgehead atoms. The summed E-state index contributed by atoms with van der Waals surface area (Å²) < 4.78 is 0. The molecule has 20 heavy (non-hydrogen) atoms. The van der Waals surface area contributed by atoms with E-state index in [0.29, 0.717) is 5.56 Å². The van der Waals surface area contributed by atoms with E-state index in [4.69, 9.17) is 0 Å². The molecule has 5 heteroatoms. The molecule has 0 fully saturated rings. The number of hydrogen-bond donors (Lipinski definition) is 4. The van der Waals surface area contributed by atoms with Crippen LogP contribution in [0.15, 0.2) is 42.5 Å². The van der Waals surface area contributed by atoms with Crippen molar-refractivity contribution in [2.45, 2.75) is 0 Å². The van der Waals surface area contributed by atoms with Crippen molar-refractivity contribution in [3.63, 3.8) is 0 Å². The van der Waals surface area contributed by atoms with E-state index in [1.165, 1.54) is 6.08 Å². The monoisotopic (exact) mass is 272 g/mol. The lowest BCUT2D eigenvalue weighted by Crippen LogP contribution is -1.92. The SMILES string of the molecule is O=C(C=Cc1c(O)cc(O)c(O)c1O)c1ccccc1. The molecule has 0 aliphatic carbocycles. The van der Waals surface area contributed by atoms with Gasteiger partial charge in [0.2, 0.25) is 5.75 Å². The lowest BCUT2D eigenvalue weighted by molar-refractivity contribution is 0.104. The van der Waals surface area contributed by atoms with Crippen molar-refractivity contribution in [3.05, 3.63) is 53.6 Å². The zero-order valence-electron chi connectivity index (χ0n) is 10.3. The van der Waals surface area contributed by atoms with Gasteiger partial charge in [0, 0.05) is 11.6 Å². The fourth-order valence-electron chi connectivity index (χ4n) is 1.67. The van der Waals surface area contributed by atoms with Crippen LogP contribution in [0.2, 0.25) is 0 Å². The van der Waals surface area contributed by atoms with Gasteiger partial charge in [0.25, 0.3) is 0 Å². The summed E-state index contributed by atoms with van der Waals surface area (Å²) in [5.41, 5.74) is 0.301. The quantitative estimate of drug-likeness (QED) is 0.298. The Kier molecular flexibility index (Phi) is 3.61. The number of phenols is 4. The third kappa shape index (κ3) is 2.56. The van der Waals surface area contributed by atoms with E-state index in [1.807, 2.05) is 0 Å². The molecule has 0 atom stereocenters. The number of carbonyl (C=O) groups excluding carboxylic acids is 1. The molecule has 2 rings (SSSR count). The molecule has 102 valence electrons. The van der Waals surface area contributed by atoms with Gasteiger partial charge in [0.15, 0.2) is 17.3 Å². The molecule has 5 nitrogen and oxygen atoms in total. The van der Waals surface area contributed by atoms with Crippen LogP contribution in [0.4, 0.5) is 0 Å². The number of aromatic hydroxyl groups is 4. The molecule has 0 aliphatic rings. The standard InChI is InChI=1S/C15H12O5/c16-11(9-4-2-1-3-5-9)7-6-10-12(17)8-13(18)15(20)14(10)19/h1-8,17-20H. The summed E-state index contributed by atoms with van der Waals surface area (Å²) in [5.74, 6) is -2.87. The van der Waals surface area contributed by atoms with Gasteiger partial charge in [-0.3, -0.25) is 4.79 Å². The molecule has 0 spiro atoms. The lowest BCUT2D eigenvalue weighted by Gasteiger charge is -2.06. The molecule has 0 amide bonds. The summed E-state index contributed by atoms with van der Waals surface area (Å²) in [6.45, 7) is 0. The smallest absolute Gasteiger partial charge is 0.201 e. The Labute approximate surface area is 114 Å². The predicted molar refractivity (Wildman–Crippen MR) is 72.9 cm³/mol. The number of phenolic OH excluding ortho intramolecular Hbond substituents is 4. The number of allylic oxidation sites excluding steroid dienone is 1. The Morgan fingerprint density at radius 3 is 2.20 bits per heavy atom. The van der Waals surface area contributed by atoms with E-state index in [0.717, 1.165) is 12.1 Å². The van der Waals surface area contributed by atoms with Crippen LogP contribution in [-0.4, -0.2) is 26.2 Å². The van der Waals surface area contributed by atoms with Crippen molar-refractivity contribution in [1.29, 1.82) is 0 Å². The summed E-state index contributed by atoms with van der Waals surface area (Å²) in [5, 5.41) is 37.8. The van der Waals surface area contributed by atoms with E-state index in [2.05, 4.69) is 0 Å². The molecule has 0 saturated carbocycles. The van der Waals surface area contributed by atoms with Crippen LogP contribution in [0.25, 0.3) is 6.08 Å². The van der Waals surface area contributed by atoms with Crippen molar-refractivity contribution in [2.75, 3.05) is 0 Å². The van der Waals surface area contributed by atoms with Crippen LogP contribution in [0, 0.1) is 0 Å². The second-order valence-electron chi connectivity index (χ2n) is 4.09. The zero-order chi connectivity index (χ0) is 14.7. The Morgan fingerprint density at radius 2 is 1.55 bits per heavy atom. The molecule has 0 aromatic heterocycles. The maximum Gasteiger partial charge on any atom is 0.201 e. The van der Waals surface area contributed by atoms with Gasteiger partial charge in [-0.15, -0.1) is 0 Å². The normalized spacial score (nSPS) is 10.8. The van der Waals surface area contributed by atoms with Gasteiger partial charge in [0.1, 0.15) is 5.75 Å². The average Bonchev–Trinajstić information content (AvgIpc) is 2.45. The number of rotatable bonds is 3. The first-order chi connectivity index (χ1) is 9.50. The van der Waals surface area contributed by atoms with E-state index < -0.39 is 23.0 Å². The molecule has 2 aromatic rings. The first-order valence-corrected chi connectivity index (χ1v) is 5.75. The molecule has 4 N–H and O–H groups in total. The first-order valence-electron chi connectivity index (χ1n) is 5.75. The Balaban J connectivity index is 2.33. The summed E-state index contributed by atoms with van der Waals surface area (Å²) in [6.07, 6.45) is 2.32. The summed E-state index contributed by atoms with van der Waals surface area (Å²) in [7, 11) is 0. The van der Waals surface area contributed by atoms with Gasteiger partial charge in [0.05, 0.1) is 5.56 Å². The highest BCUT2D eigenvalue weighted by atomic mass is 16.3. The van der Waals surface area contributed by atoms with E-state index in [1.54, 1.807) is 30.3 Å². The molecule has 0 radical (unpaired) electrons. The van der Waals surface area contributed by atoms with Gasteiger partial charge >= 0.3 is 0 Å². The fourth-order valence-corrected chi connectivity index (χ4v) is 1.67. The van der Waals surface area contributed by atoms with Crippen molar-refractivity contribution >= 4 is 11.9 Å². The molecule has 0 heterocycles. The number of ketones is 1. The van der Waals surface area contributed by atoms with Crippen LogP contribution in [0.1, 0.15) is 15.9 Å². The van der Waals surface area contributed by atoms with Crippen molar-refractivity contribution in [3.8, 4) is 23.0 Å². The molecular formula is C15H12O5. The lowest BCUT2D eigenvalue weighted by atomic mass is 10.1. The predicted octanol–water partition coefficient (Wildman–Crippen LogP) is 2.41. The minimum atomic E-state index is -0.755. The second kappa shape index (κ2) is 5.36. The zero-order valence-corrected chi connectivity index (χ0v) is 10.3. The van der Waals surface area contributed by atoms with Crippen molar-refractivity contribution in [2.24, 2.45) is 0 Å². The largest absolute Gasteiger partial charge is 0.507 e. The van der Waals surface area contributed by atoms with E-state index in [9.17, 15) is 25.2 Å². The van der Waals surface area contributed by atoms with E-state index in [-0.39, 0.29) is 11.3 Å². The van der Waals surface area contributed by atoms with Gasteiger partial charge in [-0.1, -0.05) is 30.3 Å². The average molecular weight is 272 g/mol. The molecule has 2 aromatic carbocycles. The molecular weight excluding hydrogens is 260 g/mol. The van der Waals surface area contributed by atoms with Crippen LogP contribution in [0.3, 0.4) is 0 Å². The topological polar surface area (TPSA) is 98.0 Å². The Hall–Kier alpha value is -2.95. The first kappa shape index (κ1) is 13.5. The number of hydrogen-bond acceptors (Lipinski definition) is 5. The fraction of sp³-hybridized carbons (Fsp3) is 0. The number of benzene rings is 2. The maximum absolute atomic E-state index is 11.8. The highest BCUT2D eigenvalue weighted by Gasteiger charge is 2.14. The third-order valence-corrected chi connectivity index (χ3v) is 2.73. The van der Waals surface area contributed by atoms with Gasteiger partial charge in [-0.25, -0.2) is 0 Å². The van der Waals surface area contributed by atoms with Crippen LogP contribution in [-0.2, 0) is 0 Å². The van der Waals surface area contributed by atoms with E-state index >= 15 is 0 Å². The van der Waals surface area contributed by atoms with Crippen LogP contribution < -0.4 is 0 Å². The summed E-state index contributed by atoms with van der Waals surface area (Å²) in [4.78, 5) is 11.8. The highest BCUT2D eigenvalue weighted by Crippen LogP contribution is 2.43. The Morgan fingerprint density at radius 1 is 0.900 bits per heavy atom. The van der Waals surface area contributed by atoms with Gasteiger partial charge in [-0.05, 0) is 12.2 Å². The van der Waals surface area contributed by atoms with Crippen LogP contribution in [0.5, 0.6) is 23.0 Å². The summed E-state index contributed by atoms with van der Waals surface area (Å²) in [6, 6.07) is 9.32. The number of carbonyl (C=O) groups is 1. The molecule has 0 unspecified atom stereocenters. The third-order valence-electron chi connectivity index (χ3n) is 2.73. The second-order valence-corrected chi connectivity index (χ2v) is 4.09.